The summed E-state index contributed by atoms with van der Waals surface area (Å²) in [6.45, 7) is 6.82. The molecule has 0 atom stereocenters. The first-order chi connectivity index (χ1) is 11.6. The number of para-hydroxylation sites is 1. The molecule has 0 N–H and O–H groups in total. The maximum Gasteiger partial charge on any atom is 0.228 e. The molecule has 4 rings (SSSR count). The number of likely N-dealkylation sites (tertiary alicyclic amines) is 2. The molecule has 0 aliphatic carbocycles. The van der Waals surface area contributed by atoms with E-state index in [-0.39, 0.29) is 5.41 Å². The molecule has 2 aliphatic rings. The van der Waals surface area contributed by atoms with Gasteiger partial charge in [0.2, 0.25) is 5.91 Å². The normalized spacial score (nSPS) is 21.2. The van der Waals surface area contributed by atoms with Crippen molar-refractivity contribution >= 4 is 16.8 Å². The van der Waals surface area contributed by atoms with Crippen LogP contribution in [0.2, 0.25) is 0 Å². The Morgan fingerprint density at radius 2 is 1.83 bits per heavy atom. The van der Waals surface area contributed by atoms with Gasteiger partial charge in [0.25, 0.3) is 0 Å². The third-order valence-corrected chi connectivity index (χ3v) is 5.95. The molecule has 1 amide bonds. The van der Waals surface area contributed by atoms with Gasteiger partial charge in [0, 0.05) is 32.1 Å². The SMILES string of the molecule is CCn1nc(CN2CCC3(CC2)CCN(C)C3=O)c2ccccc21. The molecule has 2 saturated heterocycles. The first-order valence-electron chi connectivity index (χ1n) is 9.05. The monoisotopic (exact) mass is 326 g/mol. The van der Waals surface area contributed by atoms with E-state index >= 15 is 0 Å². The Bertz CT molecular complexity index is 758. The summed E-state index contributed by atoms with van der Waals surface area (Å²) >= 11 is 0. The maximum absolute atomic E-state index is 12.5. The van der Waals surface area contributed by atoms with Crippen molar-refractivity contribution in [3.05, 3.63) is 30.0 Å². The highest BCUT2D eigenvalue weighted by Crippen LogP contribution is 2.41. The largest absolute Gasteiger partial charge is 0.345 e. The zero-order chi connectivity index (χ0) is 16.7. The minimum atomic E-state index is -0.0733. The van der Waals surface area contributed by atoms with Crippen LogP contribution in [0.3, 0.4) is 0 Å². The highest BCUT2D eigenvalue weighted by atomic mass is 16.2. The van der Waals surface area contributed by atoms with Crippen molar-refractivity contribution in [2.75, 3.05) is 26.7 Å². The highest BCUT2D eigenvalue weighted by molar-refractivity contribution is 5.84. The fourth-order valence-electron chi connectivity index (χ4n) is 4.36. The molecular formula is C19H26N4O. The summed E-state index contributed by atoms with van der Waals surface area (Å²) in [4.78, 5) is 16.8. The first-order valence-corrected chi connectivity index (χ1v) is 9.05. The number of hydrogen-bond acceptors (Lipinski definition) is 3. The second kappa shape index (κ2) is 5.88. The number of aryl methyl sites for hydroxylation is 1. The van der Waals surface area contributed by atoms with Gasteiger partial charge >= 0.3 is 0 Å². The highest BCUT2D eigenvalue weighted by Gasteiger charge is 2.46. The van der Waals surface area contributed by atoms with Crippen LogP contribution >= 0.6 is 0 Å². The second-order valence-corrected chi connectivity index (χ2v) is 7.31. The van der Waals surface area contributed by atoms with Crippen molar-refractivity contribution in [1.82, 2.24) is 19.6 Å². The lowest BCUT2D eigenvalue weighted by molar-refractivity contribution is -0.137. The van der Waals surface area contributed by atoms with Gasteiger partial charge in [-0.05, 0) is 45.3 Å². The van der Waals surface area contributed by atoms with Crippen LogP contribution in [0.15, 0.2) is 24.3 Å². The summed E-state index contributed by atoms with van der Waals surface area (Å²) in [5.74, 6) is 0.364. The fourth-order valence-corrected chi connectivity index (χ4v) is 4.36. The van der Waals surface area contributed by atoms with Crippen molar-refractivity contribution < 1.29 is 4.79 Å². The van der Waals surface area contributed by atoms with Gasteiger partial charge in [-0.2, -0.15) is 5.10 Å². The average Bonchev–Trinajstić information content (AvgIpc) is 3.11. The summed E-state index contributed by atoms with van der Waals surface area (Å²) in [6, 6.07) is 8.48. The zero-order valence-electron chi connectivity index (χ0n) is 14.7. The van der Waals surface area contributed by atoms with Crippen molar-refractivity contribution in [3.8, 4) is 0 Å². The summed E-state index contributed by atoms with van der Waals surface area (Å²) in [7, 11) is 1.94. The number of piperidine rings is 1. The van der Waals surface area contributed by atoms with Crippen molar-refractivity contribution in [2.45, 2.75) is 39.3 Å². The van der Waals surface area contributed by atoms with E-state index in [1.54, 1.807) is 0 Å². The molecule has 2 aliphatic heterocycles. The van der Waals surface area contributed by atoms with E-state index in [2.05, 4.69) is 40.8 Å². The van der Waals surface area contributed by atoms with Gasteiger partial charge in [-0.3, -0.25) is 14.4 Å². The summed E-state index contributed by atoms with van der Waals surface area (Å²) < 4.78 is 2.09. The van der Waals surface area contributed by atoms with E-state index in [1.165, 1.54) is 16.6 Å². The molecule has 0 saturated carbocycles. The molecule has 5 heteroatoms. The van der Waals surface area contributed by atoms with Gasteiger partial charge in [0.1, 0.15) is 0 Å². The lowest BCUT2D eigenvalue weighted by Gasteiger charge is -2.37. The van der Waals surface area contributed by atoms with Crippen LogP contribution < -0.4 is 0 Å². The summed E-state index contributed by atoms with van der Waals surface area (Å²) in [5.41, 5.74) is 2.31. The van der Waals surface area contributed by atoms with Crippen LogP contribution in [0.1, 0.15) is 31.9 Å². The minimum Gasteiger partial charge on any atom is -0.345 e. The number of nitrogens with zero attached hydrogens (tertiary/aromatic N) is 4. The Morgan fingerprint density at radius 3 is 2.50 bits per heavy atom. The maximum atomic E-state index is 12.5. The van der Waals surface area contributed by atoms with Crippen molar-refractivity contribution in [1.29, 1.82) is 0 Å². The average molecular weight is 326 g/mol. The van der Waals surface area contributed by atoms with E-state index in [0.29, 0.717) is 5.91 Å². The molecule has 3 heterocycles. The number of amides is 1. The molecule has 0 radical (unpaired) electrons. The molecule has 1 spiro atoms. The third kappa shape index (κ3) is 2.42. The minimum absolute atomic E-state index is 0.0733. The Kier molecular flexibility index (Phi) is 3.83. The zero-order valence-corrected chi connectivity index (χ0v) is 14.7. The fraction of sp³-hybridized carbons (Fsp3) is 0.579. The van der Waals surface area contributed by atoms with Gasteiger partial charge < -0.3 is 4.90 Å². The van der Waals surface area contributed by atoms with Gasteiger partial charge in [-0.15, -0.1) is 0 Å². The Balaban J connectivity index is 1.49. The van der Waals surface area contributed by atoms with E-state index in [4.69, 9.17) is 5.10 Å². The number of carbonyl (C=O) groups excluding carboxylic acids is 1. The van der Waals surface area contributed by atoms with Crippen molar-refractivity contribution in [3.63, 3.8) is 0 Å². The third-order valence-electron chi connectivity index (χ3n) is 5.95. The molecule has 2 fully saturated rings. The molecule has 2 aromatic rings. The molecular weight excluding hydrogens is 300 g/mol. The first kappa shape index (κ1) is 15.6. The summed E-state index contributed by atoms with van der Waals surface area (Å²) in [6.07, 6.45) is 3.01. The van der Waals surface area contributed by atoms with Crippen LogP contribution in [0.5, 0.6) is 0 Å². The van der Waals surface area contributed by atoms with Gasteiger partial charge in [0.15, 0.2) is 0 Å². The lowest BCUT2D eigenvalue weighted by atomic mass is 9.77. The lowest BCUT2D eigenvalue weighted by Crippen LogP contribution is -2.43. The Hall–Kier alpha value is -1.88. The number of aromatic nitrogens is 2. The number of fused-ring (bicyclic) bond motifs is 1. The van der Waals surface area contributed by atoms with Crippen LogP contribution in [0.25, 0.3) is 10.9 Å². The molecule has 1 aromatic carbocycles. The number of hydrogen-bond donors (Lipinski definition) is 0. The van der Waals surface area contributed by atoms with Gasteiger partial charge in [-0.1, -0.05) is 18.2 Å². The quantitative estimate of drug-likeness (QED) is 0.870. The molecule has 0 unspecified atom stereocenters. The van der Waals surface area contributed by atoms with E-state index in [9.17, 15) is 4.79 Å². The van der Waals surface area contributed by atoms with Gasteiger partial charge in [0.05, 0.1) is 16.6 Å². The van der Waals surface area contributed by atoms with E-state index in [0.717, 1.165) is 52.0 Å². The topological polar surface area (TPSA) is 41.4 Å². The van der Waals surface area contributed by atoms with Crippen molar-refractivity contribution in [2.24, 2.45) is 5.41 Å². The molecule has 0 bridgehead atoms. The second-order valence-electron chi connectivity index (χ2n) is 7.31. The molecule has 1 aromatic heterocycles. The smallest absolute Gasteiger partial charge is 0.228 e. The van der Waals surface area contributed by atoms with E-state index < -0.39 is 0 Å². The number of benzene rings is 1. The molecule has 128 valence electrons. The van der Waals surface area contributed by atoms with Crippen LogP contribution in [0.4, 0.5) is 0 Å². The van der Waals surface area contributed by atoms with Crippen LogP contribution in [0, 0.1) is 5.41 Å². The number of carbonyl (C=O) groups is 1. The van der Waals surface area contributed by atoms with Crippen LogP contribution in [-0.2, 0) is 17.9 Å². The predicted molar refractivity (Wildman–Crippen MR) is 94.6 cm³/mol. The predicted octanol–water partition coefficient (Wildman–Crippen LogP) is 2.50. The standard InChI is InChI=1S/C19H26N4O/c1-3-23-17-7-5-4-6-15(17)16(20-23)14-22-12-9-19(10-13-22)8-11-21(2)18(19)24/h4-7H,3,8-14H2,1-2H3. The Labute approximate surface area is 143 Å². The summed E-state index contributed by atoms with van der Waals surface area (Å²) in [5, 5.41) is 6.08. The van der Waals surface area contributed by atoms with E-state index in [1.807, 2.05) is 11.9 Å². The number of rotatable bonds is 3. The Morgan fingerprint density at radius 1 is 1.12 bits per heavy atom. The molecule has 5 nitrogen and oxygen atoms in total. The van der Waals surface area contributed by atoms with Gasteiger partial charge in [-0.25, -0.2) is 0 Å². The molecule has 24 heavy (non-hydrogen) atoms. The van der Waals surface area contributed by atoms with Crippen LogP contribution in [-0.4, -0.2) is 52.2 Å².